The molecule has 0 saturated carbocycles. The van der Waals surface area contributed by atoms with Crippen molar-refractivity contribution in [3.8, 4) is 5.69 Å². The summed E-state index contributed by atoms with van der Waals surface area (Å²) in [6.07, 6.45) is 2.57. The highest BCUT2D eigenvalue weighted by Gasteiger charge is 2.36. The predicted octanol–water partition coefficient (Wildman–Crippen LogP) is 5.47. The fourth-order valence-corrected chi connectivity index (χ4v) is 4.84. The summed E-state index contributed by atoms with van der Waals surface area (Å²) < 4.78 is 15.9. The highest BCUT2D eigenvalue weighted by atomic mass is 32.2. The van der Waals surface area contributed by atoms with E-state index in [0.717, 1.165) is 45.7 Å². The molecule has 174 valence electrons. The van der Waals surface area contributed by atoms with Gasteiger partial charge in [-0.15, -0.1) is 0 Å². The van der Waals surface area contributed by atoms with Crippen LogP contribution in [0.2, 0.25) is 0 Å². The van der Waals surface area contributed by atoms with Crippen molar-refractivity contribution in [2.45, 2.75) is 27.2 Å². The van der Waals surface area contributed by atoms with Gasteiger partial charge in [0.1, 0.15) is 12.4 Å². The first-order valence-corrected chi connectivity index (χ1v) is 11.7. The number of hydrogen-bond acceptors (Lipinski definition) is 4. The number of nitrogens with zero attached hydrogens (tertiary/aromatic N) is 2. The molecule has 0 radical (unpaired) electrons. The van der Waals surface area contributed by atoms with Gasteiger partial charge in [0.25, 0.3) is 11.1 Å². The molecule has 0 bridgehead atoms. The van der Waals surface area contributed by atoms with E-state index in [-0.39, 0.29) is 10.6 Å². The van der Waals surface area contributed by atoms with Crippen molar-refractivity contribution in [2.75, 3.05) is 11.9 Å². The third-order valence-corrected chi connectivity index (χ3v) is 6.60. The maximum absolute atomic E-state index is 13.8. The first-order chi connectivity index (χ1) is 16.3. The number of carbonyl (C=O) groups is 3. The Morgan fingerprint density at radius 1 is 1.09 bits per heavy atom. The molecule has 1 N–H and O–H groups in total. The molecule has 1 aliphatic rings. The predicted molar refractivity (Wildman–Crippen MR) is 132 cm³/mol. The van der Waals surface area contributed by atoms with Crippen LogP contribution in [0.25, 0.3) is 11.8 Å². The van der Waals surface area contributed by atoms with Crippen molar-refractivity contribution in [1.29, 1.82) is 0 Å². The highest BCUT2D eigenvalue weighted by Crippen LogP contribution is 2.34. The molecule has 0 unspecified atom stereocenters. The molecule has 1 aromatic heterocycles. The molecule has 6 nitrogen and oxygen atoms in total. The molecule has 3 aromatic rings. The molecule has 8 heteroatoms. The molecular weight excluding hydrogens is 453 g/mol. The lowest BCUT2D eigenvalue weighted by molar-refractivity contribution is -0.127. The molecule has 0 spiro atoms. The van der Waals surface area contributed by atoms with Crippen LogP contribution in [0, 0.1) is 19.7 Å². The fourth-order valence-electron chi connectivity index (χ4n) is 4.01. The quantitative estimate of drug-likeness (QED) is 0.478. The monoisotopic (exact) mass is 477 g/mol. The summed E-state index contributed by atoms with van der Waals surface area (Å²) in [5, 5.41) is 1.86. The second kappa shape index (κ2) is 9.69. The molecule has 1 fully saturated rings. The Bertz CT molecular complexity index is 1330. The number of rotatable bonds is 6. The van der Waals surface area contributed by atoms with E-state index in [2.05, 4.69) is 28.9 Å². The Kier molecular flexibility index (Phi) is 6.70. The zero-order valence-corrected chi connectivity index (χ0v) is 19.9. The first-order valence-electron chi connectivity index (χ1n) is 10.9. The smallest absolute Gasteiger partial charge is 0.294 e. The van der Waals surface area contributed by atoms with Crippen molar-refractivity contribution in [1.82, 2.24) is 9.47 Å². The number of benzene rings is 2. The number of aromatic nitrogens is 1. The average molecular weight is 478 g/mol. The van der Waals surface area contributed by atoms with Crippen LogP contribution in [-0.2, 0) is 16.0 Å². The minimum atomic E-state index is -0.650. The SMILES string of the molecule is CCc1ccccc1-n1c(C)cc(/C=C2\SC(=O)N(CC(=O)Nc3ccccc3F)C2=O)c1C. The molecule has 4 rings (SSSR count). The minimum absolute atomic E-state index is 0.00480. The van der Waals surface area contributed by atoms with Crippen LogP contribution in [0.4, 0.5) is 14.9 Å². The van der Waals surface area contributed by atoms with Crippen LogP contribution >= 0.6 is 11.8 Å². The zero-order chi connectivity index (χ0) is 24.4. The third kappa shape index (κ3) is 4.54. The second-order valence-corrected chi connectivity index (χ2v) is 8.93. The number of para-hydroxylation sites is 2. The summed E-state index contributed by atoms with van der Waals surface area (Å²) in [6, 6.07) is 15.8. The normalized spacial score (nSPS) is 14.8. The number of imide groups is 1. The number of amides is 3. The van der Waals surface area contributed by atoms with Gasteiger partial charge >= 0.3 is 0 Å². The standard InChI is InChI=1S/C26H24FN3O3S/c1-4-18-9-5-8-12-22(18)30-16(2)13-19(17(30)3)14-23-25(32)29(26(33)34-23)15-24(31)28-21-11-7-6-10-20(21)27/h5-14H,4,15H2,1-3H3,(H,28,31)/b23-14-. The van der Waals surface area contributed by atoms with Crippen molar-refractivity contribution in [3.63, 3.8) is 0 Å². The Hall–Kier alpha value is -3.65. The van der Waals surface area contributed by atoms with Crippen molar-refractivity contribution in [2.24, 2.45) is 0 Å². The largest absolute Gasteiger partial charge is 0.322 e. The van der Waals surface area contributed by atoms with Gasteiger partial charge in [-0.3, -0.25) is 19.3 Å². The summed E-state index contributed by atoms with van der Waals surface area (Å²) >= 11 is 0.791. The van der Waals surface area contributed by atoms with Gasteiger partial charge in [0, 0.05) is 17.1 Å². The fraction of sp³-hybridized carbons (Fsp3) is 0.192. The molecule has 3 amide bonds. The Morgan fingerprint density at radius 2 is 1.79 bits per heavy atom. The lowest BCUT2D eigenvalue weighted by Gasteiger charge is -2.14. The van der Waals surface area contributed by atoms with Crippen LogP contribution in [0.3, 0.4) is 0 Å². The topological polar surface area (TPSA) is 71.4 Å². The number of carbonyl (C=O) groups excluding carboxylic acids is 3. The number of anilines is 1. The van der Waals surface area contributed by atoms with E-state index in [1.165, 1.54) is 23.8 Å². The summed E-state index contributed by atoms with van der Waals surface area (Å²) in [5.41, 5.74) is 5.06. The molecule has 0 aliphatic carbocycles. The number of hydrogen-bond donors (Lipinski definition) is 1. The summed E-state index contributed by atoms with van der Waals surface area (Å²) in [5.74, 6) is -1.79. The number of thioether (sulfide) groups is 1. The number of aryl methyl sites for hydroxylation is 2. The van der Waals surface area contributed by atoms with Gasteiger partial charge in [-0.05, 0) is 73.5 Å². The third-order valence-electron chi connectivity index (χ3n) is 5.69. The van der Waals surface area contributed by atoms with Gasteiger partial charge < -0.3 is 9.88 Å². The average Bonchev–Trinajstić information content (AvgIpc) is 3.24. The maximum atomic E-state index is 13.8. The maximum Gasteiger partial charge on any atom is 0.294 e. The molecule has 2 heterocycles. The summed E-state index contributed by atoms with van der Waals surface area (Å²) in [7, 11) is 0. The molecule has 1 saturated heterocycles. The Balaban J connectivity index is 1.56. The van der Waals surface area contributed by atoms with Crippen molar-refractivity contribution >= 4 is 40.6 Å². The van der Waals surface area contributed by atoms with Crippen LogP contribution in [0.1, 0.15) is 29.4 Å². The van der Waals surface area contributed by atoms with Crippen LogP contribution in [-0.4, -0.2) is 33.1 Å². The van der Waals surface area contributed by atoms with Gasteiger partial charge in [0.2, 0.25) is 5.91 Å². The van der Waals surface area contributed by atoms with Crippen LogP contribution < -0.4 is 5.32 Å². The van der Waals surface area contributed by atoms with Crippen LogP contribution in [0.15, 0.2) is 59.5 Å². The Morgan fingerprint density at radius 3 is 2.53 bits per heavy atom. The molecular formula is C26H24FN3O3S. The van der Waals surface area contributed by atoms with Gasteiger partial charge in [-0.25, -0.2) is 4.39 Å². The zero-order valence-electron chi connectivity index (χ0n) is 19.1. The van der Waals surface area contributed by atoms with Gasteiger partial charge in [0.15, 0.2) is 0 Å². The van der Waals surface area contributed by atoms with E-state index < -0.39 is 29.4 Å². The molecule has 2 aromatic carbocycles. The van der Waals surface area contributed by atoms with Gasteiger partial charge in [-0.1, -0.05) is 37.3 Å². The lowest BCUT2D eigenvalue weighted by atomic mass is 10.1. The van der Waals surface area contributed by atoms with E-state index in [0.29, 0.717) is 0 Å². The van der Waals surface area contributed by atoms with E-state index >= 15 is 0 Å². The Labute approximate surface area is 201 Å². The second-order valence-electron chi connectivity index (χ2n) is 7.94. The molecule has 34 heavy (non-hydrogen) atoms. The van der Waals surface area contributed by atoms with Crippen molar-refractivity contribution in [3.05, 3.63) is 87.8 Å². The molecule has 1 aliphatic heterocycles. The van der Waals surface area contributed by atoms with E-state index in [9.17, 15) is 18.8 Å². The van der Waals surface area contributed by atoms with Gasteiger partial charge in [-0.2, -0.15) is 0 Å². The van der Waals surface area contributed by atoms with E-state index in [1.807, 2.05) is 32.0 Å². The van der Waals surface area contributed by atoms with Crippen molar-refractivity contribution < 1.29 is 18.8 Å². The van der Waals surface area contributed by atoms with E-state index in [4.69, 9.17) is 0 Å². The van der Waals surface area contributed by atoms with E-state index in [1.54, 1.807) is 12.1 Å². The lowest BCUT2D eigenvalue weighted by Crippen LogP contribution is -2.36. The summed E-state index contributed by atoms with van der Waals surface area (Å²) in [6.45, 7) is 5.58. The molecule has 0 atom stereocenters. The highest BCUT2D eigenvalue weighted by molar-refractivity contribution is 8.18. The number of nitrogens with one attached hydrogen (secondary N) is 1. The number of halogens is 1. The minimum Gasteiger partial charge on any atom is -0.322 e. The van der Waals surface area contributed by atoms with Gasteiger partial charge in [0.05, 0.1) is 10.6 Å². The summed E-state index contributed by atoms with van der Waals surface area (Å²) in [4.78, 5) is 38.8. The first kappa shape index (κ1) is 23.5. The van der Waals surface area contributed by atoms with Crippen LogP contribution in [0.5, 0.6) is 0 Å².